The van der Waals surface area contributed by atoms with Gasteiger partial charge in [0, 0.05) is 17.0 Å². The normalized spacial score (nSPS) is 14.1. The summed E-state index contributed by atoms with van der Waals surface area (Å²) in [7, 11) is 0. The number of hydrogen-bond donors (Lipinski definition) is 0. The summed E-state index contributed by atoms with van der Waals surface area (Å²) in [6.07, 6.45) is -7.43. The molecule has 2 aromatic carbocycles. The molecule has 0 atom stereocenters. The van der Waals surface area contributed by atoms with Crippen LogP contribution in [0.5, 0.6) is 11.5 Å². The van der Waals surface area contributed by atoms with E-state index in [1.165, 1.54) is 6.08 Å². The predicted molar refractivity (Wildman–Crippen MR) is 98.3 cm³/mol. The number of alkyl halides is 6. The van der Waals surface area contributed by atoms with Crippen molar-refractivity contribution in [2.24, 2.45) is 0 Å². The topological polar surface area (TPSA) is 31.4 Å². The van der Waals surface area contributed by atoms with Crippen molar-refractivity contribution in [2.45, 2.75) is 12.4 Å². The quantitative estimate of drug-likeness (QED) is 0.320. The van der Waals surface area contributed by atoms with Gasteiger partial charge in [0.1, 0.15) is 5.15 Å². The molecule has 0 spiro atoms. The molecule has 4 rings (SSSR count). The van der Waals surface area contributed by atoms with Gasteiger partial charge in [-0.05, 0) is 35.9 Å². The van der Waals surface area contributed by atoms with Gasteiger partial charge in [-0.3, -0.25) is 0 Å². The number of pyridine rings is 1. The average molecular weight is 446 g/mol. The highest BCUT2D eigenvalue weighted by Crippen LogP contribution is 2.38. The van der Waals surface area contributed by atoms with Crippen LogP contribution in [0.2, 0.25) is 5.15 Å². The van der Waals surface area contributed by atoms with Gasteiger partial charge in [0.25, 0.3) is 0 Å². The smallest absolute Gasteiger partial charge is 0.416 e. The molecule has 0 unspecified atom stereocenters. The first-order valence-corrected chi connectivity index (χ1v) is 8.76. The molecule has 1 aliphatic heterocycles. The van der Waals surface area contributed by atoms with E-state index >= 15 is 0 Å². The van der Waals surface area contributed by atoms with Crippen LogP contribution < -0.4 is 9.47 Å². The lowest BCUT2D eigenvalue weighted by Crippen LogP contribution is -2.11. The van der Waals surface area contributed by atoms with E-state index in [4.69, 9.17) is 21.1 Å². The minimum absolute atomic E-state index is 0.0284. The SMILES string of the molecule is FC(F)(F)c1cc(/C=C\c2cc3cc4c(cc3nc2Cl)OCO4)cc(C(F)(F)F)c1. The summed E-state index contributed by atoms with van der Waals surface area (Å²) in [5.74, 6) is 0.993. The summed E-state index contributed by atoms with van der Waals surface area (Å²) in [5, 5.41) is 0.643. The lowest BCUT2D eigenvalue weighted by molar-refractivity contribution is -0.143. The molecule has 2 heterocycles. The van der Waals surface area contributed by atoms with Crippen LogP contribution in [-0.4, -0.2) is 11.8 Å². The van der Waals surface area contributed by atoms with Crippen molar-refractivity contribution in [3.05, 3.63) is 63.8 Å². The predicted octanol–water partition coefficient (Wildman–Crippen LogP) is 6.82. The highest BCUT2D eigenvalue weighted by Gasteiger charge is 2.36. The molecular formula is C20H10ClF6NO2. The van der Waals surface area contributed by atoms with Crippen LogP contribution >= 0.6 is 11.6 Å². The van der Waals surface area contributed by atoms with Crippen molar-refractivity contribution >= 4 is 34.7 Å². The third-order valence-electron chi connectivity index (χ3n) is 4.36. The molecule has 0 amide bonds. The number of benzene rings is 2. The highest BCUT2D eigenvalue weighted by molar-refractivity contribution is 6.31. The van der Waals surface area contributed by atoms with Crippen LogP contribution in [0, 0.1) is 0 Å². The zero-order chi connectivity index (χ0) is 21.7. The second-order valence-corrected chi connectivity index (χ2v) is 6.80. The molecule has 0 aliphatic carbocycles. The van der Waals surface area contributed by atoms with E-state index in [9.17, 15) is 26.3 Å². The largest absolute Gasteiger partial charge is 0.454 e. The second-order valence-electron chi connectivity index (χ2n) is 6.44. The summed E-state index contributed by atoms with van der Waals surface area (Å²) in [4.78, 5) is 4.20. The molecule has 1 aliphatic rings. The van der Waals surface area contributed by atoms with E-state index in [0.717, 1.165) is 6.08 Å². The fraction of sp³-hybridized carbons (Fsp3) is 0.150. The van der Waals surface area contributed by atoms with Crippen molar-refractivity contribution in [1.82, 2.24) is 4.98 Å². The Morgan fingerprint density at radius 2 is 1.40 bits per heavy atom. The summed E-state index contributed by atoms with van der Waals surface area (Å²) in [5.41, 5.74) is -2.26. The third-order valence-corrected chi connectivity index (χ3v) is 4.66. The first-order chi connectivity index (χ1) is 14.0. The molecule has 156 valence electrons. The maximum atomic E-state index is 13.0. The van der Waals surface area contributed by atoms with Gasteiger partial charge in [0.05, 0.1) is 16.6 Å². The van der Waals surface area contributed by atoms with E-state index in [2.05, 4.69) is 4.98 Å². The monoisotopic (exact) mass is 445 g/mol. The van der Waals surface area contributed by atoms with Gasteiger partial charge in [-0.15, -0.1) is 0 Å². The Morgan fingerprint density at radius 3 is 2.00 bits per heavy atom. The number of hydrogen-bond acceptors (Lipinski definition) is 3. The first-order valence-electron chi connectivity index (χ1n) is 8.38. The third kappa shape index (κ3) is 4.02. The number of aromatic nitrogens is 1. The van der Waals surface area contributed by atoms with E-state index in [1.54, 1.807) is 18.2 Å². The van der Waals surface area contributed by atoms with Crippen molar-refractivity contribution < 1.29 is 35.8 Å². The molecule has 0 saturated carbocycles. The van der Waals surface area contributed by atoms with Gasteiger partial charge >= 0.3 is 12.4 Å². The minimum Gasteiger partial charge on any atom is -0.454 e. The molecule has 10 heteroatoms. The van der Waals surface area contributed by atoms with Crippen molar-refractivity contribution in [3.8, 4) is 11.5 Å². The fourth-order valence-corrected chi connectivity index (χ4v) is 3.14. The summed E-state index contributed by atoms with van der Waals surface area (Å²) in [6, 6.07) is 6.22. The molecule has 0 saturated heterocycles. The Bertz CT molecular complexity index is 1140. The zero-order valence-electron chi connectivity index (χ0n) is 14.7. The minimum atomic E-state index is -4.92. The molecule has 1 aromatic heterocycles. The summed E-state index contributed by atoms with van der Waals surface area (Å²) in [6.45, 7) is 0.0588. The van der Waals surface area contributed by atoms with Crippen molar-refractivity contribution in [3.63, 3.8) is 0 Å². The zero-order valence-corrected chi connectivity index (χ0v) is 15.5. The maximum Gasteiger partial charge on any atom is 0.416 e. The Hall–Kier alpha value is -2.94. The first kappa shape index (κ1) is 20.3. The summed E-state index contributed by atoms with van der Waals surface area (Å²) < 4.78 is 88.6. The van der Waals surface area contributed by atoms with Gasteiger partial charge in [-0.2, -0.15) is 26.3 Å². The molecule has 0 radical (unpaired) electrons. The van der Waals surface area contributed by atoms with Gasteiger partial charge in [-0.1, -0.05) is 23.8 Å². The lowest BCUT2D eigenvalue weighted by atomic mass is 10.0. The van der Waals surface area contributed by atoms with E-state index in [-0.39, 0.29) is 23.6 Å². The Labute approximate surface area is 170 Å². The Balaban J connectivity index is 1.75. The van der Waals surface area contributed by atoms with Crippen molar-refractivity contribution in [1.29, 1.82) is 0 Å². The summed E-state index contributed by atoms with van der Waals surface area (Å²) >= 11 is 6.13. The average Bonchev–Trinajstić information content (AvgIpc) is 3.10. The molecule has 3 aromatic rings. The maximum absolute atomic E-state index is 13.0. The Morgan fingerprint density at radius 1 is 0.800 bits per heavy atom. The van der Waals surface area contributed by atoms with Crippen LogP contribution in [0.4, 0.5) is 26.3 Å². The van der Waals surface area contributed by atoms with Gasteiger partial charge < -0.3 is 9.47 Å². The second kappa shape index (κ2) is 7.09. The van der Waals surface area contributed by atoms with E-state index in [0.29, 0.717) is 40.1 Å². The van der Waals surface area contributed by atoms with Crippen LogP contribution in [-0.2, 0) is 12.4 Å². The fourth-order valence-electron chi connectivity index (χ4n) is 2.93. The van der Waals surface area contributed by atoms with Crippen molar-refractivity contribution in [2.75, 3.05) is 6.79 Å². The molecule has 3 nitrogen and oxygen atoms in total. The van der Waals surface area contributed by atoms with Crippen LogP contribution in [0.25, 0.3) is 23.1 Å². The van der Waals surface area contributed by atoms with E-state index < -0.39 is 23.5 Å². The van der Waals surface area contributed by atoms with Gasteiger partial charge in [0.15, 0.2) is 11.5 Å². The molecular weight excluding hydrogens is 436 g/mol. The van der Waals surface area contributed by atoms with Crippen LogP contribution in [0.3, 0.4) is 0 Å². The Kier molecular flexibility index (Phi) is 4.80. The van der Waals surface area contributed by atoms with Gasteiger partial charge in [-0.25, -0.2) is 4.98 Å². The standard InChI is InChI=1S/C20H10ClF6NO2/c21-18-11(5-12-6-16-17(30-9-29-16)8-15(12)28-18)2-1-10-3-13(19(22,23)24)7-14(4-10)20(25,26)27/h1-8H,9H2/b2-1-. The molecule has 0 N–H and O–H groups in total. The van der Waals surface area contributed by atoms with E-state index in [1.807, 2.05) is 0 Å². The van der Waals surface area contributed by atoms with Crippen LogP contribution in [0.15, 0.2) is 36.4 Å². The highest BCUT2D eigenvalue weighted by atomic mass is 35.5. The number of rotatable bonds is 2. The number of nitrogens with zero attached hydrogens (tertiary/aromatic N) is 1. The number of halogens is 7. The molecule has 30 heavy (non-hydrogen) atoms. The lowest BCUT2D eigenvalue weighted by Gasteiger charge is -2.13. The number of ether oxygens (including phenoxy) is 2. The molecule has 0 fully saturated rings. The van der Waals surface area contributed by atoms with Gasteiger partial charge in [0.2, 0.25) is 6.79 Å². The van der Waals surface area contributed by atoms with Crippen LogP contribution in [0.1, 0.15) is 22.3 Å². The number of fused-ring (bicyclic) bond motifs is 2. The molecule has 0 bridgehead atoms.